The summed E-state index contributed by atoms with van der Waals surface area (Å²) in [6.07, 6.45) is -8.77. The molecule has 4 rings (SSSR count). The third-order valence-corrected chi connectivity index (χ3v) is 5.91. The van der Waals surface area contributed by atoms with Crippen molar-refractivity contribution in [2.75, 3.05) is 26.5 Å². The number of alkyl halides is 6. The van der Waals surface area contributed by atoms with E-state index in [1.165, 1.54) is 50.5 Å². The minimum absolute atomic E-state index is 0.0228. The predicted molar refractivity (Wildman–Crippen MR) is 121 cm³/mol. The Morgan fingerprint density at radius 3 is 2.18 bits per heavy atom. The molecule has 38 heavy (non-hydrogen) atoms. The van der Waals surface area contributed by atoms with Gasteiger partial charge in [0.15, 0.2) is 17.3 Å². The molecule has 0 saturated heterocycles. The summed E-state index contributed by atoms with van der Waals surface area (Å²) in [7, 11) is 4.09. The van der Waals surface area contributed by atoms with Crippen LogP contribution in [0.4, 0.5) is 32.2 Å². The van der Waals surface area contributed by atoms with E-state index in [2.05, 4.69) is 15.5 Å². The molecule has 0 saturated carbocycles. The number of benzene rings is 2. The molecule has 3 aromatic rings. The Bertz CT molecular complexity index is 1350. The van der Waals surface area contributed by atoms with Crippen LogP contribution in [0.15, 0.2) is 42.6 Å². The number of para-hydroxylation sites is 1. The molecule has 2 amide bonds. The van der Waals surface area contributed by atoms with Crippen LogP contribution in [0, 0.1) is 5.92 Å². The van der Waals surface area contributed by atoms with Crippen molar-refractivity contribution in [2.45, 2.75) is 18.3 Å². The van der Waals surface area contributed by atoms with Crippen LogP contribution in [0.1, 0.15) is 28.2 Å². The highest BCUT2D eigenvalue weighted by Crippen LogP contribution is 2.48. The van der Waals surface area contributed by atoms with Gasteiger partial charge in [-0.25, -0.2) is 0 Å². The van der Waals surface area contributed by atoms with Crippen LogP contribution >= 0.6 is 0 Å². The van der Waals surface area contributed by atoms with Crippen LogP contribution in [0.25, 0.3) is 0 Å². The molecule has 0 radical (unpaired) electrons. The molecule has 2 heterocycles. The van der Waals surface area contributed by atoms with Gasteiger partial charge in [-0.15, -0.1) is 0 Å². The molecule has 0 bridgehead atoms. The Morgan fingerprint density at radius 1 is 1.00 bits per heavy atom. The van der Waals surface area contributed by atoms with Crippen molar-refractivity contribution in [2.24, 2.45) is 5.92 Å². The van der Waals surface area contributed by atoms with Crippen molar-refractivity contribution in [3.63, 3.8) is 0 Å². The number of aromatic nitrogens is 2. The Labute approximate surface area is 211 Å². The normalized spacial score (nSPS) is 17.4. The first kappa shape index (κ1) is 26.8. The number of methoxy groups -OCH3 is 1. The fourth-order valence-electron chi connectivity index (χ4n) is 4.19. The molecule has 8 nitrogen and oxygen atoms in total. The van der Waals surface area contributed by atoms with E-state index in [1.807, 2.05) is 0 Å². The summed E-state index contributed by atoms with van der Waals surface area (Å²) in [6, 6.07) is 5.11. The van der Waals surface area contributed by atoms with Crippen molar-refractivity contribution in [3.05, 3.63) is 64.8 Å². The number of nitrogens with one attached hydrogen (secondary N) is 2. The summed E-state index contributed by atoms with van der Waals surface area (Å²) in [5, 5.41) is 9.06. The molecule has 0 aliphatic carbocycles. The first-order valence-electron chi connectivity index (χ1n) is 10.9. The number of amides is 2. The molecular formula is C24H20F6N4O4. The minimum atomic E-state index is -5.10. The lowest BCUT2D eigenvalue weighted by atomic mass is 9.77. The van der Waals surface area contributed by atoms with Gasteiger partial charge in [0.2, 0.25) is 11.8 Å². The van der Waals surface area contributed by atoms with Gasteiger partial charge in [0, 0.05) is 37.3 Å². The van der Waals surface area contributed by atoms with Gasteiger partial charge in [-0.05, 0) is 24.3 Å². The highest BCUT2D eigenvalue weighted by Gasteiger charge is 2.45. The standard InChI is InChI=1S/C24H20F6N4O4/c1-34(2)22(36)18-17(15-10-31-33-20(15)32-21(18)35)14-5-4-6-16(37-3)19(14)38-13-8-11(23(25,26)27)7-12(9-13)24(28,29)30/h4-10,17-18H,1-3H3,(H2,31,32,33,35). The Kier molecular flexibility index (Phi) is 6.76. The number of aromatic amines is 1. The van der Waals surface area contributed by atoms with Crippen LogP contribution in [-0.2, 0) is 21.9 Å². The zero-order chi connectivity index (χ0) is 28.0. The number of nitrogens with zero attached hydrogens (tertiary/aromatic N) is 2. The third kappa shape index (κ3) is 4.97. The second kappa shape index (κ2) is 9.58. The number of carbonyl (C=O) groups is 2. The number of fused-ring (bicyclic) bond motifs is 1. The molecule has 1 aliphatic heterocycles. The summed E-state index contributed by atoms with van der Waals surface area (Å²) in [5.74, 6) is -4.75. The lowest BCUT2D eigenvalue weighted by Gasteiger charge is -2.32. The minimum Gasteiger partial charge on any atom is -0.493 e. The van der Waals surface area contributed by atoms with Gasteiger partial charge in [0.05, 0.1) is 18.2 Å². The Hall–Kier alpha value is -4.23. The van der Waals surface area contributed by atoms with Crippen LogP contribution in [-0.4, -0.2) is 48.1 Å². The number of hydrogen-bond acceptors (Lipinski definition) is 5. The van der Waals surface area contributed by atoms with Gasteiger partial charge in [0.25, 0.3) is 0 Å². The van der Waals surface area contributed by atoms with Crippen LogP contribution in [0.2, 0.25) is 0 Å². The number of halogens is 6. The molecule has 0 spiro atoms. The molecule has 14 heteroatoms. The van der Waals surface area contributed by atoms with Crippen LogP contribution < -0.4 is 14.8 Å². The van der Waals surface area contributed by atoms with Gasteiger partial charge < -0.3 is 19.7 Å². The SMILES string of the molecule is COc1cccc(C2c3c[nH]nc3NC(=O)C2C(=O)N(C)C)c1Oc1cc(C(F)(F)F)cc(C(F)(F)F)c1. The van der Waals surface area contributed by atoms with Crippen molar-refractivity contribution in [3.8, 4) is 17.2 Å². The maximum absolute atomic E-state index is 13.4. The van der Waals surface area contributed by atoms with Crippen molar-refractivity contribution in [1.29, 1.82) is 0 Å². The van der Waals surface area contributed by atoms with Crippen molar-refractivity contribution in [1.82, 2.24) is 15.1 Å². The van der Waals surface area contributed by atoms with E-state index in [-0.39, 0.29) is 28.9 Å². The average molecular weight is 542 g/mol. The molecule has 0 fully saturated rings. The average Bonchev–Trinajstić information content (AvgIpc) is 3.29. The second-order valence-electron chi connectivity index (χ2n) is 8.59. The molecule has 2 atom stereocenters. The van der Waals surface area contributed by atoms with E-state index in [1.54, 1.807) is 0 Å². The largest absolute Gasteiger partial charge is 0.493 e. The third-order valence-electron chi connectivity index (χ3n) is 5.91. The highest BCUT2D eigenvalue weighted by molar-refractivity contribution is 6.09. The first-order valence-corrected chi connectivity index (χ1v) is 10.9. The maximum atomic E-state index is 13.4. The lowest BCUT2D eigenvalue weighted by Crippen LogP contribution is -2.44. The first-order chi connectivity index (χ1) is 17.7. The highest BCUT2D eigenvalue weighted by atomic mass is 19.4. The molecule has 2 N–H and O–H groups in total. The van der Waals surface area contributed by atoms with E-state index in [0.29, 0.717) is 17.7 Å². The van der Waals surface area contributed by atoms with E-state index in [0.717, 1.165) is 0 Å². The number of anilines is 1. The number of carbonyl (C=O) groups excluding carboxylic acids is 2. The van der Waals surface area contributed by atoms with Crippen molar-refractivity contribution < 1.29 is 45.4 Å². The summed E-state index contributed by atoms with van der Waals surface area (Å²) >= 11 is 0. The predicted octanol–water partition coefficient (Wildman–Crippen LogP) is 5.04. The van der Waals surface area contributed by atoms with Crippen molar-refractivity contribution >= 4 is 17.6 Å². The molecule has 1 aromatic heterocycles. The monoisotopic (exact) mass is 542 g/mol. The number of ether oxygens (including phenoxy) is 2. The molecule has 1 aliphatic rings. The van der Waals surface area contributed by atoms with Gasteiger partial charge in [0.1, 0.15) is 11.7 Å². The summed E-state index contributed by atoms with van der Waals surface area (Å²) in [6.45, 7) is 0. The van der Waals surface area contributed by atoms with E-state index < -0.39 is 52.9 Å². The van der Waals surface area contributed by atoms with E-state index in [4.69, 9.17) is 9.47 Å². The van der Waals surface area contributed by atoms with Gasteiger partial charge >= 0.3 is 12.4 Å². The Balaban J connectivity index is 1.93. The van der Waals surface area contributed by atoms with E-state index >= 15 is 0 Å². The van der Waals surface area contributed by atoms with Crippen LogP contribution in [0.3, 0.4) is 0 Å². The van der Waals surface area contributed by atoms with Crippen LogP contribution in [0.5, 0.6) is 17.2 Å². The number of rotatable bonds is 5. The molecule has 202 valence electrons. The zero-order valence-corrected chi connectivity index (χ0v) is 20.0. The topological polar surface area (TPSA) is 96.5 Å². The smallest absolute Gasteiger partial charge is 0.416 e. The maximum Gasteiger partial charge on any atom is 0.416 e. The van der Waals surface area contributed by atoms with E-state index in [9.17, 15) is 35.9 Å². The number of H-pyrrole nitrogens is 1. The quantitative estimate of drug-likeness (QED) is 0.348. The van der Waals surface area contributed by atoms with Gasteiger partial charge in [-0.1, -0.05) is 12.1 Å². The Morgan fingerprint density at radius 2 is 1.63 bits per heavy atom. The lowest BCUT2D eigenvalue weighted by molar-refractivity contribution is -0.143. The second-order valence-corrected chi connectivity index (χ2v) is 8.59. The fraction of sp³-hybridized carbons (Fsp3) is 0.292. The zero-order valence-electron chi connectivity index (χ0n) is 20.0. The molecule has 2 unspecified atom stereocenters. The van der Waals surface area contributed by atoms with Gasteiger partial charge in [-0.2, -0.15) is 31.4 Å². The molecule has 2 aromatic carbocycles. The summed E-state index contributed by atoms with van der Waals surface area (Å²) in [4.78, 5) is 27.2. The van der Waals surface area contributed by atoms with Gasteiger partial charge in [-0.3, -0.25) is 14.7 Å². The summed E-state index contributed by atoms with van der Waals surface area (Å²) < 4.78 is 91.6. The fourth-order valence-corrected chi connectivity index (χ4v) is 4.19. The number of hydrogen-bond donors (Lipinski definition) is 2. The summed E-state index contributed by atoms with van der Waals surface area (Å²) in [5.41, 5.74) is -2.70. The molecular weight excluding hydrogens is 522 g/mol.